The number of hydrogen-bond donors (Lipinski definition) is 0. The summed E-state index contributed by atoms with van der Waals surface area (Å²) in [4.78, 5) is 0. The smallest absolute Gasteiger partial charge is 0.0369 e. The SMILES string of the molecule is C1=CC(C2CC=CS2)=CCC1. The first-order valence-corrected chi connectivity index (χ1v) is 5.08. The highest BCUT2D eigenvalue weighted by Gasteiger charge is 2.14. The number of rotatable bonds is 1. The van der Waals surface area contributed by atoms with Crippen molar-refractivity contribution in [2.24, 2.45) is 0 Å². The second kappa shape index (κ2) is 3.31. The molecular weight excluding hydrogens is 152 g/mol. The van der Waals surface area contributed by atoms with Gasteiger partial charge in [0.25, 0.3) is 0 Å². The third-order valence-corrected chi connectivity index (χ3v) is 3.23. The molecule has 0 spiro atoms. The second-order valence-corrected chi connectivity index (χ2v) is 4.03. The van der Waals surface area contributed by atoms with Crippen LogP contribution in [0.4, 0.5) is 0 Å². The van der Waals surface area contributed by atoms with Gasteiger partial charge in [-0.05, 0) is 30.2 Å². The average Bonchev–Trinajstić information content (AvgIpc) is 2.58. The molecule has 0 saturated heterocycles. The van der Waals surface area contributed by atoms with Crippen molar-refractivity contribution in [3.8, 4) is 0 Å². The Morgan fingerprint density at radius 2 is 2.27 bits per heavy atom. The predicted molar refractivity (Wildman–Crippen MR) is 51.6 cm³/mol. The fourth-order valence-corrected chi connectivity index (χ4v) is 2.44. The third-order valence-electron chi connectivity index (χ3n) is 2.08. The van der Waals surface area contributed by atoms with E-state index in [0.29, 0.717) is 0 Å². The van der Waals surface area contributed by atoms with Crippen LogP contribution in [0.15, 0.2) is 35.3 Å². The molecule has 11 heavy (non-hydrogen) atoms. The van der Waals surface area contributed by atoms with Crippen LogP contribution in [0.2, 0.25) is 0 Å². The molecule has 2 aliphatic rings. The van der Waals surface area contributed by atoms with E-state index in [9.17, 15) is 0 Å². The number of thioether (sulfide) groups is 1. The maximum absolute atomic E-state index is 2.38. The summed E-state index contributed by atoms with van der Waals surface area (Å²) in [6, 6.07) is 0. The Kier molecular flexibility index (Phi) is 2.18. The first kappa shape index (κ1) is 7.23. The van der Waals surface area contributed by atoms with Crippen molar-refractivity contribution in [3.63, 3.8) is 0 Å². The van der Waals surface area contributed by atoms with E-state index in [-0.39, 0.29) is 0 Å². The van der Waals surface area contributed by atoms with Crippen molar-refractivity contribution < 1.29 is 0 Å². The number of allylic oxidation sites excluding steroid dienone is 4. The van der Waals surface area contributed by atoms with E-state index in [2.05, 4.69) is 29.7 Å². The summed E-state index contributed by atoms with van der Waals surface area (Å²) < 4.78 is 0. The fraction of sp³-hybridized carbons (Fsp3) is 0.400. The lowest BCUT2D eigenvalue weighted by Crippen LogP contribution is -2.01. The molecule has 0 N–H and O–H groups in total. The molecule has 0 aromatic heterocycles. The van der Waals surface area contributed by atoms with Crippen LogP contribution >= 0.6 is 11.8 Å². The molecule has 0 amide bonds. The average molecular weight is 164 g/mol. The van der Waals surface area contributed by atoms with Crippen LogP contribution < -0.4 is 0 Å². The molecular formula is C10H12S. The fourth-order valence-electron chi connectivity index (χ4n) is 1.47. The molecule has 1 heterocycles. The minimum Gasteiger partial charge on any atom is -0.126 e. The van der Waals surface area contributed by atoms with Gasteiger partial charge in [-0.2, -0.15) is 0 Å². The largest absolute Gasteiger partial charge is 0.126 e. The van der Waals surface area contributed by atoms with E-state index in [4.69, 9.17) is 0 Å². The minimum absolute atomic E-state index is 0.728. The Bertz CT molecular complexity index is 215. The van der Waals surface area contributed by atoms with E-state index < -0.39 is 0 Å². The minimum atomic E-state index is 0.728. The second-order valence-electron chi connectivity index (χ2n) is 2.92. The molecule has 1 aliphatic carbocycles. The van der Waals surface area contributed by atoms with Crippen molar-refractivity contribution in [1.82, 2.24) is 0 Å². The molecule has 1 aliphatic heterocycles. The van der Waals surface area contributed by atoms with Crippen LogP contribution in [-0.4, -0.2) is 5.25 Å². The molecule has 0 fully saturated rings. The lowest BCUT2D eigenvalue weighted by Gasteiger charge is -2.12. The van der Waals surface area contributed by atoms with Gasteiger partial charge in [-0.3, -0.25) is 0 Å². The zero-order chi connectivity index (χ0) is 7.52. The summed E-state index contributed by atoms with van der Waals surface area (Å²) in [6.45, 7) is 0. The molecule has 1 unspecified atom stereocenters. The zero-order valence-electron chi connectivity index (χ0n) is 6.49. The topological polar surface area (TPSA) is 0 Å². The third kappa shape index (κ3) is 1.59. The standard InChI is InChI=1S/C10H12S/c1-2-5-9(6-3-1)10-7-4-8-11-10/h2,4-6,8,10H,1,3,7H2. The van der Waals surface area contributed by atoms with Crippen molar-refractivity contribution >= 4 is 11.8 Å². The maximum atomic E-state index is 2.38. The van der Waals surface area contributed by atoms with Crippen LogP contribution in [0.3, 0.4) is 0 Å². The summed E-state index contributed by atoms with van der Waals surface area (Å²) in [6.07, 6.45) is 12.9. The molecule has 2 rings (SSSR count). The monoisotopic (exact) mass is 164 g/mol. The zero-order valence-corrected chi connectivity index (χ0v) is 7.31. The van der Waals surface area contributed by atoms with Crippen LogP contribution in [0.25, 0.3) is 0 Å². The Labute approximate surface area is 72.1 Å². The summed E-state index contributed by atoms with van der Waals surface area (Å²) >= 11 is 1.95. The first-order valence-electron chi connectivity index (χ1n) is 4.14. The van der Waals surface area contributed by atoms with Gasteiger partial charge in [-0.25, -0.2) is 0 Å². The van der Waals surface area contributed by atoms with Gasteiger partial charge in [0.1, 0.15) is 0 Å². The molecule has 0 aromatic rings. The van der Waals surface area contributed by atoms with Crippen molar-refractivity contribution in [1.29, 1.82) is 0 Å². The van der Waals surface area contributed by atoms with Crippen LogP contribution in [0.5, 0.6) is 0 Å². The number of hydrogen-bond acceptors (Lipinski definition) is 1. The normalized spacial score (nSPS) is 29.1. The molecule has 0 saturated carbocycles. The Morgan fingerprint density at radius 3 is 2.91 bits per heavy atom. The van der Waals surface area contributed by atoms with Gasteiger partial charge in [0.15, 0.2) is 0 Å². The van der Waals surface area contributed by atoms with Gasteiger partial charge in [0, 0.05) is 5.25 Å². The van der Waals surface area contributed by atoms with Gasteiger partial charge in [-0.1, -0.05) is 24.3 Å². The van der Waals surface area contributed by atoms with Crippen LogP contribution in [0.1, 0.15) is 19.3 Å². The summed E-state index contributed by atoms with van der Waals surface area (Å²) in [5, 5.41) is 2.94. The van der Waals surface area contributed by atoms with Crippen LogP contribution in [0, 0.1) is 0 Å². The van der Waals surface area contributed by atoms with E-state index in [1.54, 1.807) is 0 Å². The van der Waals surface area contributed by atoms with E-state index in [1.165, 1.54) is 24.8 Å². The first-order chi connectivity index (χ1) is 5.47. The molecule has 1 heteroatoms. The van der Waals surface area contributed by atoms with Gasteiger partial charge < -0.3 is 0 Å². The summed E-state index contributed by atoms with van der Waals surface area (Å²) in [5.41, 5.74) is 1.53. The van der Waals surface area contributed by atoms with Gasteiger partial charge in [0.05, 0.1) is 0 Å². The molecule has 0 aromatic carbocycles. The van der Waals surface area contributed by atoms with Crippen molar-refractivity contribution in [2.45, 2.75) is 24.5 Å². The molecule has 0 bridgehead atoms. The highest BCUT2D eigenvalue weighted by molar-refractivity contribution is 8.03. The maximum Gasteiger partial charge on any atom is 0.0369 e. The van der Waals surface area contributed by atoms with E-state index >= 15 is 0 Å². The highest BCUT2D eigenvalue weighted by Crippen LogP contribution is 2.32. The highest BCUT2D eigenvalue weighted by atomic mass is 32.2. The summed E-state index contributed by atoms with van der Waals surface area (Å²) in [7, 11) is 0. The molecule has 0 radical (unpaired) electrons. The Morgan fingerprint density at radius 1 is 1.27 bits per heavy atom. The summed E-state index contributed by atoms with van der Waals surface area (Å²) in [5.74, 6) is 0. The van der Waals surface area contributed by atoms with Crippen LogP contribution in [-0.2, 0) is 0 Å². The lowest BCUT2D eigenvalue weighted by atomic mass is 10.0. The molecule has 0 nitrogen and oxygen atoms in total. The van der Waals surface area contributed by atoms with Crippen molar-refractivity contribution in [3.05, 3.63) is 35.3 Å². The van der Waals surface area contributed by atoms with Gasteiger partial charge in [0.2, 0.25) is 0 Å². The van der Waals surface area contributed by atoms with Gasteiger partial charge in [-0.15, -0.1) is 11.8 Å². The Balaban J connectivity index is 2.04. The predicted octanol–water partition coefficient (Wildman–Crippen LogP) is 3.28. The molecule has 58 valence electrons. The molecule has 1 atom stereocenters. The van der Waals surface area contributed by atoms with E-state index in [0.717, 1.165) is 5.25 Å². The lowest BCUT2D eigenvalue weighted by molar-refractivity contribution is 0.963. The van der Waals surface area contributed by atoms with Gasteiger partial charge >= 0.3 is 0 Å². The Hall–Kier alpha value is -0.430. The quantitative estimate of drug-likeness (QED) is 0.573. The van der Waals surface area contributed by atoms with Crippen molar-refractivity contribution in [2.75, 3.05) is 0 Å². The van der Waals surface area contributed by atoms with E-state index in [1.807, 2.05) is 11.8 Å².